The van der Waals surface area contributed by atoms with Crippen molar-refractivity contribution in [2.45, 2.75) is 77.2 Å². The molecule has 0 radical (unpaired) electrons. The van der Waals surface area contributed by atoms with E-state index in [-0.39, 0.29) is 63.7 Å². The normalized spacial score (nSPS) is 18.5. The second kappa shape index (κ2) is 23.8. The molecule has 3 aliphatic rings. The number of aryl methyl sites for hydroxylation is 1. The zero-order chi connectivity index (χ0) is 46.1. The zero-order valence-electron chi connectivity index (χ0n) is 37.2. The Balaban J connectivity index is 0.977. The van der Waals surface area contributed by atoms with Crippen LogP contribution in [-0.2, 0) is 54.8 Å². The van der Waals surface area contributed by atoms with Crippen LogP contribution in [0.1, 0.15) is 67.2 Å². The van der Waals surface area contributed by atoms with Crippen molar-refractivity contribution in [2.24, 2.45) is 16.8 Å². The quantitative estimate of drug-likeness (QED) is 0.0318. The maximum atomic E-state index is 14.1. The topological polar surface area (TPSA) is 167 Å². The summed E-state index contributed by atoms with van der Waals surface area (Å²) in [6.45, 7) is 1.76. The highest BCUT2D eigenvalue weighted by Gasteiger charge is 2.57. The largest absolute Gasteiger partial charge is 0.459 e. The van der Waals surface area contributed by atoms with Gasteiger partial charge in [0.2, 0.25) is 17.8 Å². The molecule has 3 atom stereocenters. The van der Waals surface area contributed by atoms with Gasteiger partial charge in [0.25, 0.3) is 0 Å². The van der Waals surface area contributed by atoms with E-state index in [1.807, 2.05) is 109 Å². The number of piperazine rings is 1. The molecule has 4 aromatic carbocycles. The van der Waals surface area contributed by atoms with Gasteiger partial charge in [-0.15, -0.1) is 4.99 Å². The predicted molar refractivity (Wildman–Crippen MR) is 245 cm³/mol. The highest BCUT2D eigenvalue weighted by molar-refractivity contribution is 6.08. The second-order valence-electron chi connectivity index (χ2n) is 16.9. The number of benzene rings is 4. The summed E-state index contributed by atoms with van der Waals surface area (Å²) in [6, 6.07) is 36.0. The van der Waals surface area contributed by atoms with Gasteiger partial charge in [0.05, 0.1) is 5.92 Å². The van der Waals surface area contributed by atoms with Gasteiger partial charge < -0.3 is 28.9 Å². The average molecular weight is 899 g/mol. The maximum Gasteiger partial charge on any atom is 0.437 e. The molecule has 346 valence electrons. The van der Waals surface area contributed by atoms with Crippen LogP contribution in [0.4, 0.5) is 14.4 Å². The molecule has 3 heterocycles. The SMILES string of the molecule is O=C(N=C(NC(=O)OCc1ccccc1)N1CCC[C@H](C[C@H]2C(=O)N(C(=O)N3CCN(C(=O)CCCCCc4ccccc4)CC3)C2C(=O)OCc2ccccc2)C1)OCc1ccccc1. The van der Waals surface area contributed by atoms with Gasteiger partial charge in [0, 0.05) is 45.7 Å². The molecule has 0 aliphatic carbocycles. The minimum Gasteiger partial charge on any atom is -0.459 e. The lowest BCUT2D eigenvalue weighted by Gasteiger charge is -2.48. The number of unbranched alkanes of at least 4 members (excludes halogenated alkanes) is 2. The Bertz CT molecular complexity index is 2270. The molecule has 0 spiro atoms. The zero-order valence-corrected chi connectivity index (χ0v) is 37.2. The molecule has 7 rings (SSSR count). The van der Waals surface area contributed by atoms with Crippen molar-refractivity contribution in [2.75, 3.05) is 39.3 Å². The Morgan fingerprint density at radius 1 is 0.606 bits per heavy atom. The third kappa shape index (κ3) is 13.3. The monoisotopic (exact) mass is 898 g/mol. The van der Waals surface area contributed by atoms with Crippen LogP contribution in [-0.4, -0.2) is 107 Å². The van der Waals surface area contributed by atoms with Crippen molar-refractivity contribution in [3.8, 4) is 0 Å². The number of carbonyl (C=O) groups is 6. The smallest absolute Gasteiger partial charge is 0.437 e. The number of carbonyl (C=O) groups excluding carboxylic acids is 6. The number of ether oxygens (including phenoxy) is 3. The van der Waals surface area contributed by atoms with E-state index < -0.39 is 42.1 Å². The first-order valence-corrected chi connectivity index (χ1v) is 22.9. The van der Waals surface area contributed by atoms with Gasteiger partial charge in [-0.05, 0) is 66.7 Å². The number of rotatable bonds is 15. The number of hydrogen-bond donors (Lipinski definition) is 1. The number of nitrogens with one attached hydrogen (secondary N) is 1. The van der Waals surface area contributed by atoms with Gasteiger partial charge in [-0.1, -0.05) is 128 Å². The molecule has 0 aromatic heterocycles. The minimum atomic E-state index is -1.16. The number of esters is 1. The maximum absolute atomic E-state index is 14.1. The second-order valence-corrected chi connectivity index (χ2v) is 16.9. The number of β-lactam (4-membered cyclic amide) rings is 1. The van der Waals surface area contributed by atoms with Crippen LogP contribution >= 0.6 is 0 Å². The van der Waals surface area contributed by atoms with Crippen molar-refractivity contribution < 1.29 is 43.0 Å². The fourth-order valence-corrected chi connectivity index (χ4v) is 8.63. The van der Waals surface area contributed by atoms with Gasteiger partial charge in [0.1, 0.15) is 19.8 Å². The summed E-state index contributed by atoms with van der Waals surface area (Å²) in [6.07, 6.45) is 3.93. The lowest BCUT2D eigenvalue weighted by molar-refractivity contribution is -0.172. The summed E-state index contributed by atoms with van der Waals surface area (Å²) in [5.41, 5.74) is 3.58. The summed E-state index contributed by atoms with van der Waals surface area (Å²) in [5.74, 6) is -2.23. The highest BCUT2D eigenvalue weighted by atomic mass is 16.6. The number of hydrogen-bond acceptors (Lipinski definition) is 9. The number of alkyl carbamates (subject to hydrolysis) is 1. The first-order chi connectivity index (χ1) is 32.2. The summed E-state index contributed by atoms with van der Waals surface area (Å²) in [5, 5.41) is 2.63. The molecule has 66 heavy (non-hydrogen) atoms. The number of nitrogens with zero attached hydrogens (tertiary/aromatic N) is 5. The van der Waals surface area contributed by atoms with E-state index in [0.29, 0.717) is 38.9 Å². The van der Waals surface area contributed by atoms with E-state index in [4.69, 9.17) is 14.2 Å². The van der Waals surface area contributed by atoms with Gasteiger partial charge in [0.15, 0.2) is 6.04 Å². The first kappa shape index (κ1) is 46.9. The number of urea groups is 1. The van der Waals surface area contributed by atoms with Crippen molar-refractivity contribution in [3.05, 3.63) is 144 Å². The fourth-order valence-electron chi connectivity index (χ4n) is 8.63. The molecule has 4 aromatic rings. The summed E-state index contributed by atoms with van der Waals surface area (Å²) >= 11 is 0. The van der Waals surface area contributed by atoms with Crippen molar-refractivity contribution >= 4 is 42.0 Å². The van der Waals surface area contributed by atoms with E-state index in [9.17, 15) is 28.8 Å². The Hall–Kier alpha value is -7.03. The van der Waals surface area contributed by atoms with E-state index >= 15 is 0 Å². The summed E-state index contributed by atoms with van der Waals surface area (Å²) in [4.78, 5) is 91.5. The van der Waals surface area contributed by atoms with E-state index in [0.717, 1.165) is 47.3 Å². The number of piperidine rings is 1. The standard InChI is InChI=1S/C51H58N6O9/c58-44(27-15-5-8-19-38-17-6-1-7-18-38)54-29-31-55(32-30-54)51(63)57-45(47(60)64-35-39-20-9-2-10-21-39)43(46(57)59)33-42-26-16-28-56(34-42)48(52-49(61)65-36-40-22-11-3-12-23-40)53-50(62)66-37-41-24-13-4-14-25-41/h1-4,6-7,9-14,17-18,20-25,42-43,45H,5,8,15-16,19,26-37H2,(H,52,53,61,62)/t42-,43-,45?/m1/s1. The van der Waals surface area contributed by atoms with E-state index in [2.05, 4.69) is 22.4 Å². The molecule has 3 saturated heterocycles. The molecule has 0 bridgehead atoms. The minimum absolute atomic E-state index is 0.00841. The lowest BCUT2D eigenvalue weighted by Crippen LogP contribution is -2.70. The van der Waals surface area contributed by atoms with Gasteiger partial charge in [-0.2, -0.15) is 0 Å². The Kier molecular flexibility index (Phi) is 16.9. The number of likely N-dealkylation sites (tertiary alicyclic amines) is 2. The van der Waals surface area contributed by atoms with Crippen LogP contribution in [0.15, 0.2) is 126 Å². The van der Waals surface area contributed by atoms with Crippen LogP contribution in [0.3, 0.4) is 0 Å². The Labute approximate surface area is 385 Å². The number of imide groups is 1. The molecule has 1 N–H and O–H groups in total. The van der Waals surface area contributed by atoms with Gasteiger partial charge in [-0.3, -0.25) is 14.9 Å². The predicted octanol–water partition coefficient (Wildman–Crippen LogP) is 7.35. The summed E-state index contributed by atoms with van der Waals surface area (Å²) in [7, 11) is 0. The molecular formula is C51H58N6O9. The van der Waals surface area contributed by atoms with Crippen LogP contribution in [0, 0.1) is 11.8 Å². The molecule has 3 fully saturated rings. The molecule has 15 heteroatoms. The number of aliphatic imine (C=N–C) groups is 1. The third-order valence-electron chi connectivity index (χ3n) is 12.2. The van der Waals surface area contributed by atoms with Crippen LogP contribution in [0.2, 0.25) is 0 Å². The number of amides is 6. The molecular weight excluding hydrogens is 841 g/mol. The first-order valence-electron chi connectivity index (χ1n) is 22.9. The average Bonchev–Trinajstić information content (AvgIpc) is 3.36. The molecule has 1 unspecified atom stereocenters. The molecule has 6 amide bonds. The van der Waals surface area contributed by atoms with Crippen molar-refractivity contribution in [1.29, 1.82) is 0 Å². The molecule has 15 nitrogen and oxygen atoms in total. The van der Waals surface area contributed by atoms with Gasteiger partial charge >= 0.3 is 24.2 Å². The molecule has 3 aliphatic heterocycles. The van der Waals surface area contributed by atoms with Gasteiger partial charge in [-0.25, -0.2) is 24.1 Å². The van der Waals surface area contributed by atoms with Crippen LogP contribution in [0.25, 0.3) is 0 Å². The fraction of sp³-hybridized carbons (Fsp3) is 0.392. The lowest BCUT2D eigenvalue weighted by atomic mass is 9.78. The highest BCUT2D eigenvalue weighted by Crippen LogP contribution is 2.37. The Morgan fingerprint density at radius 3 is 1.76 bits per heavy atom. The molecule has 0 saturated carbocycles. The van der Waals surface area contributed by atoms with Crippen molar-refractivity contribution in [1.82, 2.24) is 24.9 Å². The van der Waals surface area contributed by atoms with E-state index in [1.54, 1.807) is 9.80 Å². The van der Waals surface area contributed by atoms with Crippen LogP contribution < -0.4 is 5.32 Å². The Morgan fingerprint density at radius 2 is 1.15 bits per heavy atom. The summed E-state index contributed by atoms with van der Waals surface area (Å²) < 4.78 is 16.6. The number of guanidine groups is 1. The van der Waals surface area contributed by atoms with Crippen LogP contribution in [0.5, 0.6) is 0 Å². The third-order valence-corrected chi connectivity index (χ3v) is 12.2. The van der Waals surface area contributed by atoms with E-state index in [1.165, 1.54) is 10.5 Å². The van der Waals surface area contributed by atoms with Crippen molar-refractivity contribution in [3.63, 3.8) is 0 Å².